The van der Waals surface area contributed by atoms with Crippen LogP contribution in [0.25, 0.3) is 11.1 Å². The second-order valence-corrected chi connectivity index (χ2v) is 8.70. The maximum Gasteiger partial charge on any atom is 0.249 e. The summed E-state index contributed by atoms with van der Waals surface area (Å²) in [6.45, 7) is 1.28. The van der Waals surface area contributed by atoms with Gasteiger partial charge in [-0.25, -0.2) is 8.78 Å². The number of alkyl halides is 1. The Balaban J connectivity index is 1.53. The molecule has 1 aromatic rings. The Bertz CT molecular complexity index is 1280. The summed E-state index contributed by atoms with van der Waals surface area (Å²) in [5.74, 6) is -2.21. The number of nitrogens with two attached hydrogens (primary N) is 1. The molecule has 0 aromatic heterocycles. The molecule has 1 aliphatic heterocycles. The van der Waals surface area contributed by atoms with Crippen LogP contribution in [0.4, 0.5) is 8.78 Å². The molecule has 7 nitrogen and oxygen atoms in total. The minimum Gasteiger partial charge on any atom is -0.508 e. The van der Waals surface area contributed by atoms with E-state index in [9.17, 15) is 28.3 Å². The fraction of sp³-hybridized carbons (Fsp3) is 0.269. The minimum atomic E-state index is -1.38. The van der Waals surface area contributed by atoms with Crippen LogP contribution in [0.2, 0.25) is 0 Å². The summed E-state index contributed by atoms with van der Waals surface area (Å²) in [5, 5.41) is 12.4. The van der Waals surface area contributed by atoms with E-state index in [0.717, 1.165) is 0 Å². The third-order valence-corrected chi connectivity index (χ3v) is 6.29. The molecule has 3 aliphatic rings. The highest BCUT2D eigenvalue weighted by atomic mass is 19.1. The third kappa shape index (κ3) is 4.94. The first-order valence-electron chi connectivity index (χ1n) is 11.2. The lowest BCUT2D eigenvalue weighted by atomic mass is 10.1. The van der Waals surface area contributed by atoms with Crippen molar-refractivity contribution in [3.8, 4) is 16.9 Å². The van der Waals surface area contributed by atoms with E-state index in [1.165, 1.54) is 29.2 Å². The molecule has 0 bridgehead atoms. The average Bonchev–Trinajstić information content (AvgIpc) is 3.31. The van der Waals surface area contributed by atoms with Crippen molar-refractivity contribution in [2.45, 2.75) is 38.5 Å². The molecule has 0 spiro atoms. The lowest BCUT2D eigenvalue weighted by molar-refractivity contribution is -0.138. The molecule has 3 amide bonds. The molecule has 2 atom stereocenters. The van der Waals surface area contributed by atoms with Crippen LogP contribution in [0, 0.1) is 12.7 Å². The Morgan fingerprint density at radius 2 is 1.83 bits per heavy atom. The van der Waals surface area contributed by atoms with Crippen molar-refractivity contribution in [3.05, 3.63) is 76.6 Å². The van der Waals surface area contributed by atoms with Gasteiger partial charge in [-0.3, -0.25) is 14.4 Å². The number of benzene rings is 1. The van der Waals surface area contributed by atoms with Gasteiger partial charge in [-0.1, -0.05) is 24.3 Å². The van der Waals surface area contributed by atoms with Crippen LogP contribution in [-0.4, -0.2) is 46.5 Å². The highest BCUT2D eigenvalue weighted by Crippen LogP contribution is 2.34. The fourth-order valence-electron chi connectivity index (χ4n) is 4.49. The lowest BCUT2D eigenvalue weighted by Gasteiger charge is -2.24. The van der Waals surface area contributed by atoms with Gasteiger partial charge < -0.3 is 21.1 Å². The molecule has 1 heterocycles. The minimum absolute atomic E-state index is 0.0320. The van der Waals surface area contributed by atoms with Gasteiger partial charge >= 0.3 is 0 Å². The number of carbonyl (C=O) groups is 3. The number of hydrogen-bond acceptors (Lipinski definition) is 4. The lowest BCUT2D eigenvalue weighted by Crippen LogP contribution is -2.46. The molecular formula is C26H25F2N3O4. The number of nitrogens with zero attached hydrogens (tertiary/aromatic N) is 1. The van der Waals surface area contributed by atoms with Crippen LogP contribution < -0.4 is 11.1 Å². The van der Waals surface area contributed by atoms with Gasteiger partial charge in [0, 0.05) is 24.1 Å². The van der Waals surface area contributed by atoms with E-state index in [4.69, 9.17) is 5.73 Å². The van der Waals surface area contributed by atoms with Crippen LogP contribution in [0.5, 0.6) is 5.75 Å². The number of amides is 3. The summed E-state index contributed by atoms with van der Waals surface area (Å²) in [5.41, 5.74) is 7.89. The van der Waals surface area contributed by atoms with Crippen molar-refractivity contribution >= 4 is 17.7 Å². The summed E-state index contributed by atoms with van der Waals surface area (Å²) in [4.78, 5) is 39.1. The van der Waals surface area contributed by atoms with Crippen LogP contribution >= 0.6 is 0 Å². The molecule has 2 aliphatic carbocycles. The third-order valence-electron chi connectivity index (χ3n) is 6.29. The maximum atomic E-state index is 14.3. The van der Waals surface area contributed by atoms with E-state index in [1.54, 1.807) is 31.2 Å². The van der Waals surface area contributed by atoms with Crippen molar-refractivity contribution in [1.82, 2.24) is 10.2 Å². The number of rotatable bonds is 6. The number of primary amides is 1. The van der Waals surface area contributed by atoms with Gasteiger partial charge in [0.05, 0.1) is 13.0 Å². The quantitative estimate of drug-likeness (QED) is 0.503. The van der Waals surface area contributed by atoms with Gasteiger partial charge in [-0.05, 0) is 53.4 Å². The Kier molecular flexibility index (Phi) is 6.68. The Morgan fingerprint density at radius 3 is 2.54 bits per heavy atom. The van der Waals surface area contributed by atoms with Crippen molar-refractivity contribution in [2.75, 3.05) is 6.54 Å². The molecule has 0 saturated carbocycles. The van der Waals surface area contributed by atoms with Crippen LogP contribution in [0.3, 0.4) is 0 Å². The number of likely N-dealkylation sites (tertiary alicyclic amines) is 1. The normalized spacial score (nSPS) is 17.5. The zero-order valence-corrected chi connectivity index (χ0v) is 19.1. The summed E-state index contributed by atoms with van der Waals surface area (Å²) in [6, 6.07) is 11.2. The summed E-state index contributed by atoms with van der Waals surface area (Å²) in [7, 11) is 0. The number of carbonyl (C=O) groups excluding carboxylic acids is 3. The number of aryl methyl sites for hydroxylation is 1. The molecule has 35 heavy (non-hydrogen) atoms. The smallest absolute Gasteiger partial charge is 0.249 e. The monoisotopic (exact) mass is 481 g/mol. The number of aromatic hydroxyl groups is 1. The van der Waals surface area contributed by atoms with E-state index < -0.39 is 35.8 Å². The number of nitrogens with one attached hydrogen (secondary N) is 1. The van der Waals surface area contributed by atoms with Crippen LogP contribution in [0.1, 0.15) is 33.5 Å². The van der Waals surface area contributed by atoms with Crippen LogP contribution in [0.15, 0.2) is 48.5 Å². The second-order valence-electron chi connectivity index (χ2n) is 8.70. The zero-order valence-electron chi connectivity index (χ0n) is 19.1. The van der Waals surface area contributed by atoms with Gasteiger partial charge in [-0.15, -0.1) is 0 Å². The molecule has 0 radical (unpaired) electrons. The van der Waals surface area contributed by atoms with Gasteiger partial charge in [0.15, 0.2) is 0 Å². The standard InChI is InChI=1S/C26H25F2N3O4/c1-14-3-2-4-15(24(14)28)12-30-26(35)22-11-17(27)13-31(22)23(33)10-16-9-21(25(29)34)20-8-6-18(32)5-7-19(16)20/h2-9,17,22,32H,10-13H2,1H3,(H2,29,34)(H,30,35)/t17-,22+/m1/s1. The first-order valence-corrected chi connectivity index (χ1v) is 11.2. The summed E-state index contributed by atoms with van der Waals surface area (Å²) in [6.07, 6.45) is -1.74. The second kappa shape index (κ2) is 9.69. The van der Waals surface area contributed by atoms with Gasteiger partial charge in [0.2, 0.25) is 17.7 Å². The Labute approximate surface area is 200 Å². The van der Waals surface area contributed by atoms with Gasteiger partial charge in [0.25, 0.3) is 0 Å². The molecule has 1 saturated heterocycles. The SMILES string of the molecule is Cc1cccc(CNC(=O)[C@@H]2C[C@@H](F)CN2C(=O)Cc2cc(C(N)=O)c3ccc(O)ccc2-3)c1F. The highest BCUT2D eigenvalue weighted by Gasteiger charge is 2.40. The Morgan fingerprint density at radius 1 is 1.11 bits per heavy atom. The van der Waals surface area contributed by atoms with Crippen molar-refractivity contribution in [3.63, 3.8) is 0 Å². The van der Waals surface area contributed by atoms with E-state index in [2.05, 4.69) is 5.32 Å². The van der Waals surface area contributed by atoms with E-state index in [1.807, 2.05) is 0 Å². The Hall–Kier alpha value is -4.01. The topological polar surface area (TPSA) is 113 Å². The maximum absolute atomic E-state index is 14.3. The first-order chi connectivity index (χ1) is 16.7. The largest absolute Gasteiger partial charge is 0.508 e. The number of halogens is 2. The molecule has 0 unspecified atom stereocenters. The molecular weight excluding hydrogens is 456 g/mol. The average molecular weight is 481 g/mol. The summed E-state index contributed by atoms with van der Waals surface area (Å²) >= 11 is 0. The fourth-order valence-corrected chi connectivity index (χ4v) is 4.49. The van der Waals surface area contributed by atoms with Crippen molar-refractivity contribution in [2.24, 2.45) is 5.73 Å². The summed E-state index contributed by atoms with van der Waals surface area (Å²) < 4.78 is 28.5. The van der Waals surface area contributed by atoms with E-state index >= 15 is 0 Å². The van der Waals surface area contributed by atoms with E-state index in [-0.39, 0.29) is 37.2 Å². The predicted molar refractivity (Wildman–Crippen MR) is 125 cm³/mol. The molecule has 1 aromatic carbocycles. The predicted octanol–water partition coefficient (Wildman–Crippen LogP) is 2.84. The van der Waals surface area contributed by atoms with Gasteiger partial charge in [0.1, 0.15) is 23.8 Å². The molecule has 9 heteroatoms. The van der Waals surface area contributed by atoms with Gasteiger partial charge in [-0.2, -0.15) is 0 Å². The van der Waals surface area contributed by atoms with Crippen molar-refractivity contribution in [1.29, 1.82) is 0 Å². The molecule has 1 fully saturated rings. The first kappa shape index (κ1) is 24.1. The number of fused-ring (bicyclic) bond motifs is 1. The molecule has 4 rings (SSSR count). The highest BCUT2D eigenvalue weighted by molar-refractivity contribution is 6.03. The van der Waals surface area contributed by atoms with Crippen LogP contribution in [-0.2, 0) is 22.6 Å². The number of hydrogen-bond donors (Lipinski definition) is 3. The molecule has 4 N–H and O–H groups in total. The molecule has 182 valence electrons. The van der Waals surface area contributed by atoms with Crippen molar-refractivity contribution < 1.29 is 28.3 Å². The van der Waals surface area contributed by atoms with E-state index in [0.29, 0.717) is 27.8 Å². The zero-order chi connectivity index (χ0) is 25.3.